The molecule has 0 amide bonds. The molecule has 3 heteroatoms. The van der Waals surface area contributed by atoms with E-state index in [4.69, 9.17) is 5.84 Å². The first-order valence-electron chi connectivity index (χ1n) is 7.26. The molecule has 0 heterocycles. The van der Waals surface area contributed by atoms with E-state index in [2.05, 4.69) is 12.3 Å². The maximum atomic E-state index is 13.2. The molecule has 0 aliphatic heterocycles. The van der Waals surface area contributed by atoms with Crippen LogP contribution in [-0.2, 0) is 6.42 Å². The molecule has 0 bridgehead atoms. The van der Waals surface area contributed by atoms with Gasteiger partial charge in [-0.1, -0.05) is 32.3 Å². The number of hydrogen-bond donors (Lipinski definition) is 2. The van der Waals surface area contributed by atoms with Gasteiger partial charge in [0, 0.05) is 6.04 Å². The van der Waals surface area contributed by atoms with Gasteiger partial charge in [-0.2, -0.15) is 0 Å². The highest BCUT2D eigenvalue weighted by atomic mass is 19.1. The van der Waals surface area contributed by atoms with Crippen molar-refractivity contribution in [1.29, 1.82) is 0 Å². The van der Waals surface area contributed by atoms with Crippen LogP contribution in [0.15, 0.2) is 18.2 Å². The molecule has 2 nitrogen and oxygen atoms in total. The maximum Gasteiger partial charge on any atom is 0.123 e. The van der Waals surface area contributed by atoms with Crippen LogP contribution in [0.2, 0.25) is 0 Å². The Morgan fingerprint density at radius 2 is 2.00 bits per heavy atom. The number of nitrogens with one attached hydrogen (secondary N) is 1. The number of benzene rings is 1. The molecule has 1 aliphatic carbocycles. The Labute approximate surface area is 115 Å². The minimum atomic E-state index is -0.164. The highest BCUT2D eigenvalue weighted by Gasteiger charge is 2.34. The van der Waals surface area contributed by atoms with E-state index in [0.29, 0.717) is 0 Å². The van der Waals surface area contributed by atoms with Crippen molar-refractivity contribution in [3.63, 3.8) is 0 Å². The molecule has 106 valence electrons. The van der Waals surface area contributed by atoms with Gasteiger partial charge < -0.3 is 0 Å². The first-order valence-corrected chi connectivity index (χ1v) is 7.26. The highest BCUT2D eigenvalue weighted by Crippen LogP contribution is 2.39. The van der Waals surface area contributed by atoms with Gasteiger partial charge in [-0.3, -0.25) is 11.3 Å². The molecule has 0 aromatic heterocycles. The lowest BCUT2D eigenvalue weighted by atomic mass is 9.69. The maximum absolute atomic E-state index is 13.2. The molecule has 0 spiro atoms. The Kier molecular flexibility index (Phi) is 4.58. The number of nitrogens with two attached hydrogens (primary N) is 1. The lowest BCUT2D eigenvalue weighted by Gasteiger charge is -2.40. The lowest BCUT2D eigenvalue weighted by molar-refractivity contribution is 0.144. The first-order chi connectivity index (χ1) is 9.05. The van der Waals surface area contributed by atoms with Crippen molar-refractivity contribution in [2.24, 2.45) is 11.3 Å². The van der Waals surface area contributed by atoms with Gasteiger partial charge in [-0.05, 0) is 54.9 Å². The molecular formula is C16H25FN2. The number of halogens is 1. The first kappa shape index (κ1) is 14.5. The number of hydrogen-bond acceptors (Lipinski definition) is 2. The number of aryl methyl sites for hydroxylation is 1. The van der Waals surface area contributed by atoms with E-state index < -0.39 is 0 Å². The molecule has 1 aliphatic rings. The van der Waals surface area contributed by atoms with Gasteiger partial charge in [0.1, 0.15) is 5.82 Å². The minimum Gasteiger partial charge on any atom is -0.271 e. The van der Waals surface area contributed by atoms with E-state index in [9.17, 15) is 4.39 Å². The summed E-state index contributed by atoms with van der Waals surface area (Å²) in [5, 5.41) is 0. The third-order valence-electron chi connectivity index (χ3n) is 4.77. The summed E-state index contributed by atoms with van der Waals surface area (Å²) in [6, 6.07) is 5.30. The van der Waals surface area contributed by atoms with E-state index in [1.54, 1.807) is 12.1 Å². The zero-order valence-corrected chi connectivity index (χ0v) is 12.0. The minimum absolute atomic E-state index is 0.164. The van der Waals surface area contributed by atoms with E-state index in [0.717, 1.165) is 12.0 Å². The van der Waals surface area contributed by atoms with Crippen LogP contribution in [0.25, 0.3) is 0 Å². The van der Waals surface area contributed by atoms with Crippen molar-refractivity contribution in [2.45, 2.75) is 58.4 Å². The van der Waals surface area contributed by atoms with Gasteiger partial charge in [-0.25, -0.2) is 4.39 Å². The van der Waals surface area contributed by atoms with Crippen LogP contribution in [0.1, 0.15) is 50.2 Å². The fourth-order valence-electron chi connectivity index (χ4n) is 3.32. The summed E-state index contributed by atoms with van der Waals surface area (Å²) >= 11 is 0. The molecule has 1 atom stereocenters. The Bertz CT molecular complexity index is 425. The standard InChI is InChI=1S/C16H25FN2/c1-12-10-14(17)7-6-13(12)11-15(19-18)16(2)8-4-3-5-9-16/h6-7,10,15,19H,3-5,8-9,11,18H2,1-2H3. The van der Waals surface area contributed by atoms with Crippen LogP contribution in [0.4, 0.5) is 4.39 Å². The second kappa shape index (κ2) is 6.02. The van der Waals surface area contributed by atoms with Crippen LogP contribution < -0.4 is 11.3 Å². The van der Waals surface area contributed by atoms with E-state index in [1.807, 2.05) is 13.0 Å². The average molecular weight is 264 g/mol. The van der Waals surface area contributed by atoms with Gasteiger partial charge in [0.2, 0.25) is 0 Å². The van der Waals surface area contributed by atoms with Gasteiger partial charge in [0.25, 0.3) is 0 Å². The van der Waals surface area contributed by atoms with Crippen molar-refractivity contribution >= 4 is 0 Å². The summed E-state index contributed by atoms with van der Waals surface area (Å²) in [6.45, 7) is 4.30. The molecule has 1 saturated carbocycles. The molecule has 0 radical (unpaired) electrons. The van der Waals surface area contributed by atoms with Crippen LogP contribution in [-0.4, -0.2) is 6.04 Å². The molecule has 1 unspecified atom stereocenters. The normalized spacial score (nSPS) is 20.2. The topological polar surface area (TPSA) is 38.0 Å². The SMILES string of the molecule is Cc1cc(F)ccc1CC(NN)C1(C)CCCCC1. The fourth-order valence-corrected chi connectivity index (χ4v) is 3.32. The average Bonchev–Trinajstić information content (AvgIpc) is 2.38. The Hall–Kier alpha value is -0.930. The second-order valence-electron chi connectivity index (χ2n) is 6.21. The quantitative estimate of drug-likeness (QED) is 0.645. The predicted molar refractivity (Wildman–Crippen MR) is 77.1 cm³/mol. The van der Waals surface area contributed by atoms with Crippen molar-refractivity contribution in [2.75, 3.05) is 0 Å². The third-order valence-corrected chi connectivity index (χ3v) is 4.77. The fraction of sp³-hybridized carbons (Fsp3) is 0.625. The summed E-state index contributed by atoms with van der Waals surface area (Å²) in [6.07, 6.45) is 7.24. The molecule has 1 fully saturated rings. The molecule has 2 rings (SSSR count). The summed E-state index contributed by atoms with van der Waals surface area (Å²) in [4.78, 5) is 0. The Morgan fingerprint density at radius 1 is 1.32 bits per heavy atom. The van der Waals surface area contributed by atoms with Crippen molar-refractivity contribution in [3.05, 3.63) is 35.1 Å². The molecule has 1 aromatic rings. The lowest BCUT2D eigenvalue weighted by Crippen LogP contribution is -2.49. The van der Waals surface area contributed by atoms with Gasteiger partial charge in [0.05, 0.1) is 0 Å². The van der Waals surface area contributed by atoms with Crippen molar-refractivity contribution in [1.82, 2.24) is 5.43 Å². The zero-order valence-electron chi connectivity index (χ0n) is 12.0. The van der Waals surface area contributed by atoms with Crippen molar-refractivity contribution in [3.8, 4) is 0 Å². The predicted octanol–water partition coefficient (Wildman–Crippen LogP) is 3.48. The summed E-state index contributed by atoms with van der Waals surface area (Å²) in [5.41, 5.74) is 5.47. The monoisotopic (exact) mass is 264 g/mol. The largest absolute Gasteiger partial charge is 0.271 e. The van der Waals surface area contributed by atoms with E-state index in [-0.39, 0.29) is 17.3 Å². The molecule has 19 heavy (non-hydrogen) atoms. The molecule has 3 N–H and O–H groups in total. The van der Waals surface area contributed by atoms with E-state index >= 15 is 0 Å². The second-order valence-corrected chi connectivity index (χ2v) is 6.21. The summed E-state index contributed by atoms with van der Waals surface area (Å²) in [7, 11) is 0. The van der Waals surface area contributed by atoms with Crippen LogP contribution >= 0.6 is 0 Å². The van der Waals surface area contributed by atoms with Crippen LogP contribution in [0.5, 0.6) is 0 Å². The third kappa shape index (κ3) is 3.34. The smallest absolute Gasteiger partial charge is 0.123 e. The molecular weight excluding hydrogens is 239 g/mol. The molecule has 0 saturated heterocycles. The van der Waals surface area contributed by atoms with Crippen LogP contribution in [0.3, 0.4) is 0 Å². The number of hydrazine groups is 1. The Balaban J connectivity index is 2.14. The van der Waals surface area contributed by atoms with Crippen LogP contribution in [0, 0.1) is 18.2 Å². The molecule has 1 aromatic carbocycles. The van der Waals surface area contributed by atoms with Crippen molar-refractivity contribution < 1.29 is 4.39 Å². The highest BCUT2D eigenvalue weighted by molar-refractivity contribution is 5.27. The summed E-state index contributed by atoms with van der Waals surface area (Å²) in [5.74, 6) is 5.63. The summed E-state index contributed by atoms with van der Waals surface area (Å²) < 4.78 is 13.2. The van der Waals surface area contributed by atoms with E-state index in [1.165, 1.54) is 37.7 Å². The van der Waals surface area contributed by atoms with Gasteiger partial charge >= 0.3 is 0 Å². The van der Waals surface area contributed by atoms with Gasteiger partial charge in [-0.15, -0.1) is 0 Å². The zero-order chi connectivity index (χ0) is 13.9. The number of rotatable bonds is 4. The van der Waals surface area contributed by atoms with Gasteiger partial charge in [0.15, 0.2) is 0 Å². The Morgan fingerprint density at radius 3 is 2.58 bits per heavy atom.